The number of hydrogen-bond acceptors (Lipinski definition) is 4. The molecule has 17 heavy (non-hydrogen) atoms. The number of aromatic amines is 1. The number of hydrogen-bond donors (Lipinski definition) is 3. The molecule has 0 atom stereocenters. The SMILES string of the molecule is CCC(CC)(CN)CNc1nc[nH]c(=O)c1Cl. The minimum Gasteiger partial charge on any atom is -0.368 e. The molecule has 1 aromatic rings. The van der Waals surface area contributed by atoms with Crippen molar-refractivity contribution in [3.63, 3.8) is 0 Å². The number of rotatable bonds is 6. The molecular weight excluding hydrogens is 240 g/mol. The number of nitrogens with zero attached hydrogens (tertiary/aromatic N) is 1. The summed E-state index contributed by atoms with van der Waals surface area (Å²) in [4.78, 5) is 17.7. The highest BCUT2D eigenvalue weighted by Gasteiger charge is 2.24. The Morgan fingerprint density at radius 2 is 2.18 bits per heavy atom. The molecule has 6 heteroatoms. The Bertz CT molecular complexity index is 406. The highest BCUT2D eigenvalue weighted by Crippen LogP contribution is 2.25. The molecule has 0 aliphatic rings. The molecule has 0 aliphatic carbocycles. The van der Waals surface area contributed by atoms with Crippen LogP contribution in [0.2, 0.25) is 5.02 Å². The largest absolute Gasteiger partial charge is 0.368 e. The fourth-order valence-electron chi connectivity index (χ4n) is 1.64. The van der Waals surface area contributed by atoms with Crippen molar-refractivity contribution in [2.75, 3.05) is 18.4 Å². The average molecular weight is 259 g/mol. The smallest absolute Gasteiger partial charge is 0.271 e. The molecule has 0 fully saturated rings. The van der Waals surface area contributed by atoms with Crippen molar-refractivity contribution in [1.29, 1.82) is 0 Å². The van der Waals surface area contributed by atoms with Crippen LogP contribution >= 0.6 is 11.6 Å². The number of halogens is 1. The van der Waals surface area contributed by atoms with Gasteiger partial charge in [-0.3, -0.25) is 4.79 Å². The van der Waals surface area contributed by atoms with Crippen LogP contribution in [0.15, 0.2) is 11.1 Å². The minimum absolute atomic E-state index is 0.0214. The van der Waals surface area contributed by atoms with Gasteiger partial charge in [0, 0.05) is 6.54 Å². The Morgan fingerprint density at radius 1 is 1.53 bits per heavy atom. The second-order valence-corrected chi connectivity index (χ2v) is 4.54. The van der Waals surface area contributed by atoms with Gasteiger partial charge in [0.25, 0.3) is 5.56 Å². The molecular formula is C11H19ClN4O. The predicted molar refractivity (Wildman–Crippen MR) is 70.4 cm³/mol. The lowest BCUT2D eigenvalue weighted by atomic mass is 9.82. The predicted octanol–water partition coefficient (Wildman–Crippen LogP) is 1.60. The summed E-state index contributed by atoms with van der Waals surface area (Å²) in [6.07, 6.45) is 3.26. The average Bonchev–Trinajstić information content (AvgIpc) is 2.36. The minimum atomic E-state index is -0.337. The molecule has 4 N–H and O–H groups in total. The summed E-state index contributed by atoms with van der Waals surface area (Å²) < 4.78 is 0. The van der Waals surface area contributed by atoms with Crippen molar-refractivity contribution in [2.24, 2.45) is 11.1 Å². The zero-order valence-corrected chi connectivity index (χ0v) is 11.0. The number of aromatic nitrogens is 2. The second kappa shape index (κ2) is 6.02. The summed E-state index contributed by atoms with van der Waals surface area (Å²) in [6.45, 7) is 5.45. The Balaban J connectivity index is 2.79. The first-order valence-electron chi connectivity index (χ1n) is 5.75. The summed E-state index contributed by atoms with van der Waals surface area (Å²) in [6, 6.07) is 0. The molecule has 5 nitrogen and oxygen atoms in total. The van der Waals surface area contributed by atoms with Gasteiger partial charge >= 0.3 is 0 Å². The van der Waals surface area contributed by atoms with E-state index in [0.29, 0.717) is 18.9 Å². The van der Waals surface area contributed by atoms with Gasteiger partial charge in [0.1, 0.15) is 5.02 Å². The van der Waals surface area contributed by atoms with Crippen molar-refractivity contribution in [3.8, 4) is 0 Å². The van der Waals surface area contributed by atoms with E-state index in [1.165, 1.54) is 6.33 Å². The third-order valence-corrected chi connectivity index (χ3v) is 3.71. The molecule has 0 saturated heterocycles. The molecule has 1 rings (SSSR count). The van der Waals surface area contributed by atoms with Crippen LogP contribution in [0.3, 0.4) is 0 Å². The van der Waals surface area contributed by atoms with Gasteiger partial charge in [-0.1, -0.05) is 25.4 Å². The molecule has 1 heterocycles. The fourth-order valence-corrected chi connectivity index (χ4v) is 1.81. The van der Waals surface area contributed by atoms with Crippen LogP contribution in [0.25, 0.3) is 0 Å². The van der Waals surface area contributed by atoms with Crippen LogP contribution in [0.4, 0.5) is 5.82 Å². The first-order valence-corrected chi connectivity index (χ1v) is 6.13. The Hall–Kier alpha value is -1.07. The lowest BCUT2D eigenvalue weighted by Crippen LogP contribution is -2.36. The molecule has 0 saturated carbocycles. The van der Waals surface area contributed by atoms with E-state index < -0.39 is 0 Å². The number of nitrogens with one attached hydrogen (secondary N) is 2. The van der Waals surface area contributed by atoms with E-state index >= 15 is 0 Å². The van der Waals surface area contributed by atoms with E-state index in [-0.39, 0.29) is 16.0 Å². The third-order valence-electron chi connectivity index (χ3n) is 3.36. The summed E-state index contributed by atoms with van der Waals surface area (Å²) in [5, 5.41) is 3.19. The van der Waals surface area contributed by atoms with Gasteiger partial charge in [-0.05, 0) is 24.8 Å². The molecule has 0 aliphatic heterocycles. The number of nitrogens with two attached hydrogens (primary N) is 1. The van der Waals surface area contributed by atoms with Crippen molar-refractivity contribution < 1.29 is 0 Å². The summed E-state index contributed by atoms with van der Waals surface area (Å²) >= 11 is 5.85. The van der Waals surface area contributed by atoms with Gasteiger partial charge in [0.05, 0.1) is 6.33 Å². The summed E-state index contributed by atoms with van der Waals surface area (Å²) in [5.41, 5.74) is 5.48. The second-order valence-electron chi connectivity index (χ2n) is 4.16. The standard InChI is InChI=1S/C11H19ClN4O/c1-3-11(4-2,5-13)6-14-9-8(12)10(17)16-7-15-9/h7H,3-6,13H2,1-2H3,(H2,14,15,16,17). The van der Waals surface area contributed by atoms with Crippen LogP contribution in [-0.4, -0.2) is 23.1 Å². The van der Waals surface area contributed by atoms with Gasteiger partial charge in [0.2, 0.25) is 0 Å². The molecule has 0 radical (unpaired) electrons. The number of H-pyrrole nitrogens is 1. The normalized spacial score (nSPS) is 11.5. The fraction of sp³-hybridized carbons (Fsp3) is 0.636. The van der Waals surface area contributed by atoms with Gasteiger partial charge in [-0.15, -0.1) is 0 Å². The van der Waals surface area contributed by atoms with Crippen LogP contribution in [-0.2, 0) is 0 Å². The van der Waals surface area contributed by atoms with Gasteiger partial charge in [-0.25, -0.2) is 4.98 Å². The molecule has 1 aromatic heterocycles. The van der Waals surface area contributed by atoms with E-state index in [1.54, 1.807) is 0 Å². The monoisotopic (exact) mass is 258 g/mol. The topological polar surface area (TPSA) is 83.8 Å². The third kappa shape index (κ3) is 3.20. The van der Waals surface area contributed by atoms with E-state index in [0.717, 1.165) is 12.8 Å². The highest BCUT2D eigenvalue weighted by atomic mass is 35.5. The summed E-state index contributed by atoms with van der Waals surface area (Å²) in [5.74, 6) is 0.412. The molecule has 0 aromatic carbocycles. The van der Waals surface area contributed by atoms with E-state index in [2.05, 4.69) is 29.1 Å². The lowest BCUT2D eigenvalue weighted by Gasteiger charge is -2.30. The van der Waals surface area contributed by atoms with Crippen LogP contribution in [0, 0.1) is 5.41 Å². The lowest BCUT2D eigenvalue weighted by molar-refractivity contribution is 0.294. The number of anilines is 1. The van der Waals surface area contributed by atoms with Gasteiger partial charge < -0.3 is 16.0 Å². The summed E-state index contributed by atoms with van der Waals surface area (Å²) in [7, 11) is 0. The Kier molecular flexibility index (Phi) is 4.96. The Morgan fingerprint density at radius 3 is 2.71 bits per heavy atom. The molecule has 0 spiro atoms. The van der Waals surface area contributed by atoms with Crippen LogP contribution < -0.4 is 16.6 Å². The van der Waals surface area contributed by atoms with Gasteiger partial charge in [0.15, 0.2) is 5.82 Å². The maximum atomic E-state index is 11.3. The molecule has 0 amide bonds. The highest BCUT2D eigenvalue weighted by molar-refractivity contribution is 6.32. The van der Waals surface area contributed by atoms with Crippen molar-refractivity contribution in [2.45, 2.75) is 26.7 Å². The first kappa shape index (κ1) is 14.0. The van der Waals surface area contributed by atoms with Crippen molar-refractivity contribution in [3.05, 3.63) is 21.7 Å². The van der Waals surface area contributed by atoms with Crippen LogP contribution in [0.1, 0.15) is 26.7 Å². The van der Waals surface area contributed by atoms with Gasteiger partial charge in [-0.2, -0.15) is 0 Å². The van der Waals surface area contributed by atoms with Crippen LogP contribution in [0.5, 0.6) is 0 Å². The molecule has 96 valence electrons. The molecule has 0 unspecified atom stereocenters. The Labute approximate surface area is 106 Å². The van der Waals surface area contributed by atoms with Crippen molar-refractivity contribution >= 4 is 17.4 Å². The maximum Gasteiger partial charge on any atom is 0.271 e. The molecule has 0 bridgehead atoms. The van der Waals surface area contributed by atoms with E-state index in [4.69, 9.17) is 17.3 Å². The van der Waals surface area contributed by atoms with Crippen molar-refractivity contribution in [1.82, 2.24) is 9.97 Å². The zero-order chi connectivity index (χ0) is 12.9. The quantitative estimate of drug-likeness (QED) is 0.724. The van der Waals surface area contributed by atoms with E-state index in [1.807, 2.05) is 0 Å². The zero-order valence-electron chi connectivity index (χ0n) is 10.2. The van der Waals surface area contributed by atoms with E-state index in [9.17, 15) is 4.79 Å². The first-order chi connectivity index (χ1) is 8.08. The maximum absolute atomic E-state index is 11.3.